The van der Waals surface area contributed by atoms with Crippen molar-refractivity contribution in [2.45, 2.75) is 13.5 Å². The van der Waals surface area contributed by atoms with E-state index in [1.54, 1.807) is 19.1 Å². The fourth-order valence-electron chi connectivity index (χ4n) is 3.21. The second-order valence-corrected chi connectivity index (χ2v) is 7.75. The van der Waals surface area contributed by atoms with Gasteiger partial charge in [-0.1, -0.05) is 47.5 Å². The van der Waals surface area contributed by atoms with Gasteiger partial charge in [-0.25, -0.2) is 4.39 Å². The number of nitrogens with two attached hydrogens (primary N) is 1. The van der Waals surface area contributed by atoms with E-state index in [-0.39, 0.29) is 34.4 Å². The first-order valence-electron chi connectivity index (χ1n) is 9.30. The van der Waals surface area contributed by atoms with Gasteiger partial charge >= 0.3 is 0 Å². The van der Waals surface area contributed by atoms with Crippen molar-refractivity contribution >= 4 is 45.8 Å². The number of carbonyl (C=O) groups excluding carboxylic acids is 1. The Kier molecular flexibility index (Phi) is 5.76. The molecule has 31 heavy (non-hydrogen) atoms. The number of para-hydroxylation sites is 1. The number of rotatable bonds is 5. The SMILES string of the molecule is Cc1c(C(=O)NCc2ccc(Cl)c(Oc3cc(N)cc(Cl)c3)c2F)oc2ccccc12. The van der Waals surface area contributed by atoms with E-state index in [1.807, 2.05) is 18.2 Å². The minimum Gasteiger partial charge on any atom is -0.453 e. The number of hydrogen-bond donors (Lipinski definition) is 2. The largest absolute Gasteiger partial charge is 0.453 e. The van der Waals surface area contributed by atoms with Crippen LogP contribution in [-0.2, 0) is 6.54 Å². The molecular formula is C23H17Cl2FN2O3. The van der Waals surface area contributed by atoms with Crippen LogP contribution in [-0.4, -0.2) is 5.91 Å². The number of nitrogens with one attached hydrogen (secondary N) is 1. The predicted molar refractivity (Wildman–Crippen MR) is 119 cm³/mol. The summed E-state index contributed by atoms with van der Waals surface area (Å²) in [6.07, 6.45) is 0. The van der Waals surface area contributed by atoms with E-state index in [0.717, 1.165) is 5.39 Å². The highest BCUT2D eigenvalue weighted by Crippen LogP contribution is 2.35. The van der Waals surface area contributed by atoms with Crippen LogP contribution in [0.2, 0.25) is 10.0 Å². The fourth-order valence-corrected chi connectivity index (χ4v) is 3.63. The monoisotopic (exact) mass is 458 g/mol. The van der Waals surface area contributed by atoms with Crippen molar-refractivity contribution in [1.29, 1.82) is 0 Å². The molecule has 0 aliphatic heterocycles. The maximum atomic E-state index is 15.1. The molecular weight excluding hydrogens is 442 g/mol. The Morgan fingerprint density at radius 2 is 1.94 bits per heavy atom. The number of fused-ring (bicyclic) bond motifs is 1. The highest BCUT2D eigenvalue weighted by molar-refractivity contribution is 6.32. The van der Waals surface area contributed by atoms with E-state index in [1.165, 1.54) is 24.3 Å². The Morgan fingerprint density at radius 1 is 1.16 bits per heavy atom. The van der Waals surface area contributed by atoms with Crippen LogP contribution in [0.3, 0.4) is 0 Å². The maximum Gasteiger partial charge on any atom is 0.287 e. The summed E-state index contributed by atoms with van der Waals surface area (Å²) in [5.74, 6) is -0.915. The Hall–Kier alpha value is -3.22. The molecule has 0 atom stereocenters. The number of hydrogen-bond acceptors (Lipinski definition) is 4. The van der Waals surface area contributed by atoms with E-state index in [9.17, 15) is 4.79 Å². The molecule has 1 heterocycles. The highest BCUT2D eigenvalue weighted by atomic mass is 35.5. The van der Waals surface area contributed by atoms with Gasteiger partial charge in [0.1, 0.15) is 11.3 Å². The average Bonchev–Trinajstić information content (AvgIpc) is 3.06. The van der Waals surface area contributed by atoms with E-state index >= 15 is 4.39 Å². The number of anilines is 1. The third-order valence-corrected chi connectivity index (χ3v) is 5.25. The smallest absolute Gasteiger partial charge is 0.287 e. The van der Waals surface area contributed by atoms with Crippen molar-refractivity contribution in [1.82, 2.24) is 5.32 Å². The molecule has 0 aliphatic rings. The van der Waals surface area contributed by atoms with Gasteiger partial charge in [-0.15, -0.1) is 0 Å². The van der Waals surface area contributed by atoms with Crippen LogP contribution >= 0.6 is 23.2 Å². The normalized spacial score (nSPS) is 11.0. The lowest BCUT2D eigenvalue weighted by atomic mass is 10.1. The quantitative estimate of drug-likeness (QED) is 0.335. The Morgan fingerprint density at radius 3 is 2.68 bits per heavy atom. The Bertz CT molecular complexity index is 1280. The van der Waals surface area contributed by atoms with Crippen molar-refractivity contribution in [2.75, 3.05) is 5.73 Å². The summed E-state index contributed by atoms with van der Waals surface area (Å²) in [5, 5.41) is 3.94. The molecule has 0 saturated heterocycles. The molecule has 158 valence electrons. The molecule has 3 N–H and O–H groups in total. The summed E-state index contributed by atoms with van der Waals surface area (Å²) in [4.78, 5) is 12.6. The number of carbonyl (C=O) groups is 1. The summed E-state index contributed by atoms with van der Waals surface area (Å²) in [7, 11) is 0. The first-order chi connectivity index (χ1) is 14.8. The van der Waals surface area contributed by atoms with E-state index in [0.29, 0.717) is 21.9 Å². The lowest BCUT2D eigenvalue weighted by molar-refractivity contribution is 0.0924. The summed E-state index contributed by atoms with van der Waals surface area (Å²) in [5.41, 5.74) is 7.63. The number of furan rings is 1. The molecule has 8 heteroatoms. The van der Waals surface area contributed by atoms with Gasteiger partial charge in [0.2, 0.25) is 0 Å². The number of aryl methyl sites for hydroxylation is 1. The van der Waals surface area contributed by atoms with Crippen LogP contribution < -0.4 is 15.8 Å². The van der Waals surface area contributed by atoms with Gasteiger partial charge in [0, 0.05) is 39.8 Å². The lowest BCUT2D eigenvalue weighted by Gasteiger charge is -2.13. The molecule has 0 spiro atoms. The van der Waals surface area contributed by atoms with Gasteiger partial charge in [-0.05, 0) is 31.2 Å². The number of benzene rings is 3. The molecule has 0 bridgehead atoms. The molecule has 0 radical (unpaired) electrons. The fraction of sp³-hybridized carbons (Fsp3) is 0.0870. The summed E-state index contributed by atoms with van der Waals surface area (Å²) in [6.45, 7) is 1.71. The molecule has 3 aromatic carbocycles. The molecule has 0 aliphatic carbocycles. The van der Waals surface area contributed by atoms with Crippen LogP contribution in [0, 0.1) is 12.7 Å². The molecule has 1 aromatic heterocycles. The maximum absolute atomic E-state index is 15.1. The minimum absolute atomic E-state index is 0.0688. The van der Waals surface area contributed by atoms with E-state index < -0.39 is 11.7 Å². The summed E-state index contributed by atoms with van der Waals surface area (Å²) >= 11 is 12.1. The van der Waals surface area contributed by atoms with Crippen LogP contribution in [0.1, 0.15) is 21.7 Å². The van der Waals surface area contributed by atoms with Gasteiger partial charge in [0.05, 0.1) is 5.02 Å². The van der Waals surface area contributed by atoms with Crippen molar-refractivity contribution in [3.63, 3.8) is 0 Å². The van der Waals surface area contributed by atoms with Crippen LogP contribution in [0.5, 0.6) is 11.5 Å². The summed E-state index contributed by atoms with van der Waals surface area (Å²) in [6, 6.07) is 14.8. The standard InChI is InChI=1S/C23H17Cl2FN2O3/c1-12-17-4-2-3-5-19(17)31-21(12)23(29)28-11-13-6-7-18(25)22(20(13)26)30-16-9-14(24)8-15(27)10-16/h2-10H,11,27H2,1H3,(H,28,29). The van der Waals surface area contributed by atoms with Crippen molar-refractivity contribution in [3.05, 3.63) is 87.3 Å². The Balaban J connectivity index is 1.55. The lowest BCUT2D eigenvalue weighted by Crippen LogP contribution is -2.23. The third kappa shape index (κ3) is 4.31. The van der Waals surface area contributed by atoms with Gasteiger partial charge in [-0.2, -0.15) is 0 Å². The Labute approximate surface area is 187 Å². The number of halogens is 3. The molecule has 4 aromatic rings. The van der Waals surface area contributed by atoms with Gasteiger partial charge in [-0.3, -0.25) is 4.79 Å². The van der Waals surface area contributed by atoms with Crippen molar-refractivity contribution in [3.8, 4) is 11.5 Å². The topological polar surface area (TPSA) is 77.5 Å². The van der Waals surface area contributed by atoms with Crippen molar-refractivity contribution in [2.24, 2.45) is 0 Å². The predicted octanol–water partition coefficient (Wildman–Crippen LogP) is 6.49. The van der Waals surface area contributed by atoms with Gasteiger partial charge < -0.3 is 20.2 Å². The van der Waals surface area contributed by atoms with E-state index in [2.05, 4.69) is 5.32 Å². The van der Waals surface area contributed by atoms with Gasteiger partial charge in [0.15, 0.2) is 17.3 Å². The number of amides is 1. The minimum atomic E-state index is -0.701. The highest BCUT2D eigenvalue weighted by Gasteiger charge is 2.19. The zero-order chi connectivity index (χ0) is 22.1. The second-order valence-electron chi connectivity index (χ2n) is 6.91. The third-order valence-electron chi connectivity index (χ3n) is 4.73. The van der Waals surface area contributed by atoms with Crippen LogP contribution in [0.4, 0.5) is 10.1 Å². The average molecular weight is 459 g/mol. The molecule has 0 unspecified atom stereocenters. The first kappa shape index (κ1) is 21.0. The molecule has 5 nitrogen and oxygen atoms in total. The zero-order valence-electron chi connectivity index (χ0n) is 16.3. The number of ether oxygens (including phenoxy) is 1. The molecule has 1 amide bonds. The zero-order valence-corrected chi connectivity index (χ0v) is 17.9. The molecule has 4 rings (SSSR count). The van der Waals surface area contributed by atoms with Crippen LogP contribution in [0.15, 0.2) is 59.0 Å². The molecule has 0 fully saturated rings. The van der Waals surface area contributed by atoms with Crippen LogP contribution in [0.25, 0.3) is 11.0 Å². The number of nitrogen functional groups attached to an aromatic ring is 1. The second kappa shape index (κ2) is 8.49. The van der Waals surface area contributed by atoms with Gasteiger partial charge in [0.25, 0.3) is 5.91 Å². The first-order valence-corrected chi connectivity index (χ1v) is 10.1. The molecule has 0 saturated carbocycles. The summed E-state index contributed by atoms with van der Waals surface area (Å²) < 4.78 is 26.3. The van der Waals surface area contributed by atoms with E-state index in [4.69, 9.17) is 38.1 Å². The van der Waals surface area contributed by atoms with Crippen molar-refractivity contribution < 1.29 is 18.3 Å².